The highest BCUT2D eigenvalue weighted by molar-refractivity contribution is 14.0. The monoisotopic (exact) mass is 451 g/mol. The number of benzene rings is 1. The summed E-state index contributed by atoms with van der Waals surface area (Å²) in [4.78, 5) is 4.64. The summed E-state index contributed by atoms with van der Waals surface area (Å²) in [7, 11) is 4.87. The summed E-state index contributed by atoms with van der Waals surface area (Å²) >= 11 is 0. The lowest BCUT2D eigenvalue weighted by Crippen LogP contribution is -2.41. The maximum Gasteiger partial charge on any atom is 0.191 e. The molecule has 0 saturated heterocycles. The van der Waals surface area contributed by atoms with Crippen LogP contribution in [0.25, 0.3) is 0 Å². The van der Waals surface area contributed by atoms with Crippen molar-refractivity contribution in [2.24, 2.45) is 4.99 Å². The van der Waals surface area contributed by atoms with Crippen LogP contribution < -0.4 is 24.8 Å². The highest BCUT2D eigenvalue weighted by Gasteiger charge is 2.13. The normalized spacial score (nSPS) is 12.0. The first-order valence-electron chi connectivity index (χ1n) is 7.93. The van der Waals surface area contributed by atoms with Gasteiger partial charge in [0, 0.05) is 24.7 Å². The third-order valence-electron chi connectivity index (χ3n) is 3.55. The first kappa shape index (κ1) is 22.6. The lowest BCUT2D eigenvalue weighted by Gasteiger charge is -2.17. The Morgan fingerprint density at radius 3 is 2.08 bits per heavy atom. The molecule has 138 valence electrons. The fourth-order valence-electron chi connectivity index (χ4n) is 2.05. The number of ether oxygens (including phenoxy) is 3. The molecule has 0 aliphatic rings. The molecule has 2 N–H and O–H groups in total. The predicted octanol–water partition coefficient (Wildman–Crippen LogP) is 3.18. The molecule has 1 aromatic carbocycles. The fraction of sp³-hybridized carbons (Fsp3) is 0.588. The number of rotatable bonds is 8. The number of halogens is 1. The maximum absolute atomic E-state index is 5.45. The Kier molecular flexibility index (Phi) is 11.4. The van der Waals surface area contributed by atoms with Gasteiger partial charge in [0.15, 0.2) is 5.96 Å². The molecule has 1 rings (SSSR count). The number of hydrogen-bond donors (Lipinski definition) is 2. The Bertz CT molecular complexity index is 499. The van der Waals surface area contributed by atoms with Crippen LogP contribution in [-0.4, -0.2) is 39.9 Å². The molecule has 1 aromatic rings. The van der Waals surface area contributed by atoms with Crippen molar-refractivity contribution in [3.63, 3.8) is 0 Å². The van der Waals surface area contributed by atoms with Gasteiger partial charge in [0.25, 0.3) is 0 Å². The molecule has 0 aromatic heterocycles. The number of nitrogens with one attached hydrogen (secondary N) is 2. The van der Waals surface area contributed by atoms with Gasteiger partial charge in [-0.2, -0.15) is 0 Å². The summed E-state index contributed by atoms with van der Waals surface area (Å²) in [5, 5.41) is 6.62. The van der Waals surface area contributed by atoms with E-state index >= 15 is 0 Å². The first-order valence-corrected chi connectivity index (χ1v) is 7.93. The van der Waals surface area contributed by atoms with E-state index in [2.05, 4.69) is 29.5 Å². The Labute approximate surface area is 162 Å². The van der Waals surface area contributed by atoms with Gasteiger partial charge in [-0.3, -0.25) is 0 Å². The maximum atomic E-state index is 5.45. The van der Waals surface area contributed by atoms with Gasteiger partial charge >= 0.3 is 0 Å². The average molecular weight is 451 g/mol. The van der Waals surface area contributed by atoms with Crippen molar-refractivity contribution in [1.82, 2.24) is 10.6 Å². The van der Waals surface area contributed by atoms with Crippen molar-refractivity contribution < 1.29 is 14.2 Å². The number of hydrogen-bond acceptors (Lipinski definition) is 4. The van der Waals surface area contributed by atoms with Crippen molar-refractivity contribution in [3.8, 4) is 17.2 Å². The lowest BCUT2D eigenvalue weighted by atomic mass is 10.1. The Morgan fingerprint density at radius 1 is 1.08 bits per heavy atom. The van der Waals surface area contributed by atoms with E-state index in [1.807, 2.05) is 19.1 Å². The molecule has 0 spiro atoms. The summed E-state index contributed by atoms with van der Waals surface area (Å²) in [6.07, 6.45) is 1.03. The fourth-order valence-corrected chi connectivity index (χ4v) is 2.05. The number of methoxy groups -OCH3 is 3. The highest BCUT2D eigenvalue weighted by Crippen LogP contribution is 2.34. The molecule has 0 bridgehead atoms. The second-order valence-electron chi connectivity index (χ2n) is 5.16. The average Bonchev–Trinajstić information content (AvgIpc) is 2.58. The van der Waals surface area contributed by atoms with Crippen molar-refractivity contribution in [2.75, 3.05) is 27.9 Å². The summed E-state index contributed by atoms with van der Waals surface area (Å²) in [5.74, 6) is 2.87. The van der Waals surface area contributed by atoms with E-state index < -0.39 is 0 Å². The van der Waals surface area contributed by atoms with Gasteiger partial charge < -0.3 is 24.8 Å². The zero-order valence-electron chi connectivity index (χ0n) is 15.4. The van der Waals surface area contributed by atoms with Crippen LogP contribution in [0.3, 0.4) is 0 Å². The molecular formula is C17H30IN3O3. The standard InChI is InChI=1S/C17H29N3O3.HI/c1-7-12(3)20-17(18-8-2)19-11-14-15(22-5)9-13(21-4)10-16(14)23-6;/h9-10,12H,7-8,11H2,1-6H3,(H2,18,19,20);1H. The Balaban J connectivity index is 0.00000529. The molecule has 0 aliphatic carbocycles. The van der Waals surface area contributed by atoms with E-state index in [9.17, 15) is 0 Å². The number of nitrogens with zero attached hydrogens (tertiary/aromatic N) is 1. The lowest BCUT2D eigenvalue weighted by molar-refractivity contribution is 0.369. The Morgan fingerprint density at radius 2 is 1.67 bits per heavy atom. The highest BCUT2D eigenvalue weighted by atomic mass is 127. The smallest absolute Gasteiger partial charge is 0.191 e. The van der Waals surface area contributed by atoms with Gasteiger partial charge in [0.05, 0.1) is 33.4 Å². The molecule has 24 heavy (non-hydrogen) atoms. The van der Waals surface area contributed by atoms with E-state index in [0.29, 0.717) is 29.8 Å². The van der Waals surface area contributed by atoms with Crippen LogP contribution >= 0.6 is 24.0 Å². The number of guanidine groups is 1. The summed E-state index contributed by atoms with van der Waals surface area (Å²) < 4.78 is 16.2. The van der Waals surface area contributed by atoms with Crippen LogP contribution in [0.15, 0.2) is 17.1 Å². The molecule has 0 fully saturated rings. The second kappa shape index (κ2) is 12.0. The minimum atomic E-state index is 0. The van der Waals surface area contributed by atoms with Crippen molar-refractivity contribution in [1.29, 1.82) is 0 Å². The molecule has 0 saturated carbocycles. The molecule has 0 aliphatic heterocycles. The van der Waals surface area contributed by atoms with Gasteiger partial charge in [-0.05, 0) is 20.3 Å². The first-order chi connectivity index (χ1) is 11.1. The van der Waals surface area contributed by atoms with Crippen LogP contribution in [0.1, 0.15) is 32.8 Å². The van der Waals surface area contributed by atoms with Crippen LogP contribution in [0.2, 0.25) is 0 Å². The number of aliphatic imine (C=N–C) groups is 1. The van der Waals surface area contributed by atoms with Crippen LogP contribution in [0.5, 0.6) is 17.2 Å². The van der Waals surface area contributed by atoms with Gasteiger partial charge in [0.1, 0.15) is 17.2 Å². The van der Waals surface area contributed by atoms with Crippen LogP contribution in [-0.2, 0) is 6.54 Å². The molecule has 7 heteroatoms. The van der Waals surface area contributed by atoms with Gasteiger partial charge in [-0.25, -0.2) is 4.99 Å². The van der Waals surface area contributed by atoms with E-state index in [-0.39, 0.29) is 24.0 Å². The predicted molar refractivity (Wildman–Crippen MR) is 109 cm³/mol. The second-order valence-corrected chi connectivity index (χ2v) is 5.16. The van der Waals surface area contributed by atoms with Gasteiger partial charge in [-0.1, -0.05) is 6.92 Å². The summed E-state index contributed by atoms with van der Waals surface area (Å²) in [5.41, 5.74) is 0.886. The summed E-state index contributed by atoms with van der Waals surface area (Å²) in [6.45, 7) is 7.56. The Hall–Kier alpha value is -1.38. The zero-order chi connectivity index (χ0) is 17.2. The molecule has 6 nitrogen and oxygen atoms in total. The van der Waals surface area contributed by atoms with E-state index in [1.54, 1.807) is 21.3 Å². The minimum Gasteiger partial charge on any atom is -0.496 e. The molecule has 0 amide bonds. The SMILES string of the molecule is CCNC(=NCc1c(OC)cc(OC)cc1OC)NC(C)CC.I. The third-order valence-corrected chi connectivity index (χ3v) is 3.55. The molecular weight excluding hydrogens is 421 g/mol. The van der Waals surface area contributed by atoms with E-state index in [4.69, 9.17) is 14.2 Å². The van der Waals surface area contributed by atoms with Crippen LogP contribution in [0, 0.1) is 0 Å². The van der Waals surface area contributed by atoms with Crippen molar-refractivity contribution in [2.45, 2.75) is 39.8 Å². The van der Waals surface area contributed by atoms with Gasteiger partial charge in [0.2, 0.25) is 0 Å². The zero-order valence-corrected chi connectivity index (χ0v) is 17.8. The minimum absolute atomic E-state index is 0. The molecule has 0 heterocycles. The summed E-state index contributed by atoms with van der Waals surface area (Å²) in [6, 6.07) is 4.03. The van der Waals surface area contributed by atoms with E-state index in [1.165, 1.54) is 0 Å². The van der Waals surface area contributed by atoms with Crippen molar-refractivity contribution >= 4 is 29.9 Å². The largest absolute Gasteiger partial charge is 0.496 e. The quantitative estimate of drug-likeness (QED) is 0.361. The van der Waals surface area contributed by atoms with Crippen molar-refractivity contribution in [3.05, 3.63) is 17.7 Å². The molecule has 0 radical (unpaired) electrons. The van der Waals surface area contributed by atoms with E-state index in [0.717, 1.165) is 24.5 Å². The topological polar surface area (TPSA) is 64.1 Å². The third kappa shape index (κ3) is 6.62. The molecule has 1 unspecified atom stereocenters. The molecule has 1 atom stereocenters. The van der Waals surface area contributed by atoms with Crippen LogP contribution in [0.4, 0.5) is 0 Å². The van der Waals surface area contributed by atoms with Gasteiger partial charge in [-0.15, -0.1) is 24.0 Å².